The minimum atomic E-state index is -0.886. The number of carboxylic acids is 1. The molecule has 3 aromatic rings. The van der Waals surface area contributed by atoms with Crippen LogP contribution >= 0.6 is 0 Å². The summed E-state index contributed by atoms with van der Waals surface area (Å²) in [6.07, 6.45) is -0.0594. The highest BCUT2D eigenvalue weighted by atomic mass is 16.4. The van der Waals surface area contributed by atoms with Crippen LogP contribution < -0.4 is 10.6 Å². The SMILES string of the molecule is O=C(O)Cc1cccc(NC(=C2C(=O)Nc3ccccc32)c2ccccc2)c1. The van der Waals surface area contributed by atoms with Gasteiger partial charge in [0.1, 0.15) is 0 Å². The van der Waals surface area contributed by atoms with Gasteiger partial charge in [-0.2, -0.15) is 0 Å². The molecule has 0 saturated carbocycles. The number of rotatable bonds is 5. The smallest absolute Gasteiger partial charge is 0.307 e. The number of benzene rings is 3. The average molecular weight is 370 g/mol. The van der Waals surface area contributed by atoms with Crippen LogP contribution in [0, 0.1) is 0 Å². The summed E-state index contributed by atoms with van der Waals surface area (Å²) < 4.78 is 0. The summed E-state index contributed by atoms with van der Waals surface area (Å²) in [5.74, 6) is -1.06. The maximum absolute atomic E-state index is 12.8. The zero-order chi connectivity index (χ0) is 19.5. The number of anilines is 2. The Hall–Kier alpha value is -3.86. The largest absolute Gasteiger partial charge is 0.481 e. The summed E-state index contributed by atoms with van der Waals surface area (Å²) in [4.78, 5) is 23.8. The number of amides is 1. The van der Waals surface area contributed by atoms with E-state index >= 15 is 0 Å². The first-order valence-corrected chi connectivity index (χ1v) is 8.90. The van der Waals surface area contributed by atoms with Gasteiger partial charge in [-0.1, -0.05) is 60.7 Å². The van der Waals surface area contributed by atoms with Crippen molar-refractivity contribution in [2.75, 3.05) is 10.6 Å². The molecule has 5 nitrogen and oxygen atoms in total. The van der Waals surface area contributed by atoms with Gasteiger partial charge in [-0.3, -0.25) is 9.59 Å². The van der Waals surface area contributed by atoms with Crippen LogP contribution in [0.5, 0.6) is 0 Å². The predicted octanol–water partition coefficient (Wildman–Crippen LogP) is 4.25. The standard InChI is InChI=1S/C23H18N2O3/c26-20(27)14-15-7-6-10-17(13-15)24-22(16-8-2-1-3-9-16)21-18-11-4-5-12-19(18)25-23(21)28/h1-13,24H,14H2,(H,25,28)(H,26,27). The molecule has 3 aromatic carbocycles. The van der Waals surface area contributed by atoms with Crippen LogP contribution in [0.15, 0.2) is 78.9 Å². The molecule has 0 aliphatic carbocycles. The van der Waals surface area contributed by atoms with Crippen LogP contribution in [0.4, 0.5) is 11.4 Å². The summed E-state index contributed by atoms with van der Waals surface area (Å²) in [5.41, 5.74) is 5.13. The van der Waals surface area contributed by atoms with Gasteiger partial charge in [-0.25, -0.2) is 0 Å². The molecule has 138 valence electrons. The van der Waals surface area contributed by atoms with Gasteiger partial charge in [0.05, 0.1) is 17.7 Å². The van der Waals surface area contributed by atoms with Gasteiger partial charge in [0, 0.05) is 16.9 Å². The first-order valence-electron chi connectivity index (χ1n) is 8.90. The molecule has 3 N–H and O–H groups in total. The van der Waals surface area contributed by atoms with Crippen molar-refractivity contribution in [3.8, 4) is 0 Å². The molecule has 1 aliphatic rings. The second kappa shape index (κ2) is 7.40. The van der Waals surface area contributed by atoms with Gasteiger partial charge >= 0.3 is 5.97 Å². The van der Waals surface area contributed by atoms with E-state index in [1.54, 1.807) is 18.2 Å². The molecule has 1 aliphatic heterocycles. The fourth-order valence-electron chi connectivity index (χ4n) is 3.33. The molecule has 0 spiro atoms. The Morgan fingerprint density at radius 2 is 1.68 bits per heavy atom. The lowest BCUT2D eigenvalue weighted by atomic mass is 10.00. The third-order valence-electron chi connectivity index (χ3n) is 4.54. The fourth-order valence-corrected chi connectivity index (χ4v) is 3.33. The summed E-state index contributed by atoms with van der Waals surface area (Å²) in [6, 6.07) is 24.4. The van der Waals surface area contributed by atoms with E-state index in [9.17, 15) is 9.59 Å². The third kappa shape index (κ3) is 3.50. The number of fused-ring (bicyclic) bond motifs is 1. The molecule has 28 heavy (non-hydrogen) atoms. The summed E-state index contributed by atoms with van der Waals surface area (Å²) in [6.45, 7) is 0. The van der Waals surface area contributed by atoms with Crippen LogP contribution in [0.2, 0.25) is 0 Å². The lowest BCUT2D eigenvalue weighted by Gasteiger charge is -2.15. The molecule has 5 heteroatoms. The topological polar surface area (TPSA) is 78.4 Å². The van der Waals surface area contributed by atoms with E-state index in [0.717, 1.165) is 22.5 Å². The lowest BCUT2D eigenvalue weighted by molar-refractivity contribution is -0.136. The fraction of sp³-hybridized carbons (Fsp3) is 0.0435. The number of para-hydroxylation sites is 1. The number of aliphatic carboxylic acids is 1. The minimum absolute atomic E-state index is 0.0594. The Balaban J connectivity index is 1.83. The first-order chi connectivity index (χ1) is 13.6. The maximum Gasteiger partial charge on any atom is 0.307 e. The van der Waals surface area contributed by atoms with Crippen molar-refractivity contribution in [3.05, 3.63) is 95.6 Å². The van der Waals surface area contributed by atoms with Crippen molar-refractivity contribution in [1.82, 2.24) is 0 Å². The number of carboxylic acid groups (broad SMARTS) is 1. The van der Waals surface area contributed by atoms with Gasteiger partial charge in [0.2, 0.25) is 0 Å². The molecule has 4 rings (SSSR count). The predicted molar refractivity (Wildman–Crippen MR) is 110 cm³/mol. The Morgan fingerprint density at radius 1 is 0.929 bits per heavy atom. The van der Waals surface area contributed by atoms with Crippen LogP contribution in [0.1, 0.15) is 16.7 Å². The Morgan fingerprint density at radius 3 is 2.46 bits per heavy atom. The summed E-state index contributed by atoms with van der Waals surface area (Å²) >= 11 is 0. The van der Waals surface area contributed by atoms with E-state index in [1.807, 2.05) is 60.7 Å². The quantitative estimate of drug-likeness (QED) is 0.587. The normalized spacial score (nSPS) is 14.2. The van der Waals surface area contributed by atoms with Crippen molar-refractivity contribution in [1.29, 1.82) is 0 Å². The van der Waals surface area contributed by atoms with Crippen LogP contribution in [0.3, 0.4) is 0 Å². The van der Waals surface area contributed by atoms with Crippen molar-refractivity contribution in [2.24, 2.45) is 0 Å². The van der Waals surface area contributed by atoms with E-state index in [2.05, 4.69) is 10.6 Å². The van der Waals surface area contributed by atoms with Crippen molar-refractivity contribution < 1.29 is 14.7 Å². The van der Waals surface area contributed by atoms with Gasteiger partial charge < -0.3 is 15.7 Å². The van der Waals surface area contributed by atoms with E-state index in [-0.39, 0.29) is 12.3 Å². The van der Waals surface area contributed by atoms with Crippen LogP contribution in [-0.2, 0) is 16.0 Å². The van der Waals surface area contributed by atoms with E-state index in [0.29, 0.717) is 16.8 Å². The second-order valence-corrected chi connectivity index (χ2v) is 6.51. The average Bonchev–Trinajstić information content (AvgIpc) is 3.02. The molecule has 0 fully saturated rings. The van der Waals surface area contributed by atoms with Gasteiger partial charge in [0.15, 0.2) is 0 Å². The van der Waals surface area contributed by atoms with Crippen molar-refractivity contribution >= 4 is 34.5 Å². The second-order valence-electron chi connectivity index (χ2n) is 6.51. The molecular formula is C23H18N2O3. The van der Waals surface area contributed by atoms with Gasteiger partial charge in [0.25, 0.3) is 5.91 Å². The molecule has 1 amide bonds. The molecule has 0 bridgehead atoms. The Labute approximate surface area is 162 Å². The van der Waals surface area contributed by atoms with Gasteiger partial charge in [-0.15, -0.1) is 0 Å². The summed E-state index contributed by atoms with van der Waals surface area (Å²) in [7, 11) is 0. The maximum atomic E-state index is 12.8. The first kappa shape index (κ1) is 17.5. The molecule has 0 aromatic heterocycles. The minimum Gasteiger partial charge on any atom is -0.481 e. The van der Waals surface area contributed by atoms with E-state index < -0.39 is 5.97 Å². The van der Waals surface area contributed by atoms with E-state index in [4.69, 9.17) is 5.11 Å². The molecule has 0 unspecified atom stereocenters. The molecule has 0 saturated heterocycles. The highest BCUT2D eigenvalue weighted by Crippen LogP contribution is 2.37. The van der Waals surface area contributed by atoms with Gasteiger partial charge in [-0.05, 0) is 29.3 Å². The highest BCUT2D eigenvalue weighted by Gasteiger charge is 2.28. The number of nitrogens with one attached hydrogen (secondary N) is 2. The Bertz CT molecular complexity index is 1090. The monoisotopic (exact) mass is 370 g/mol. The zero-order valence-corrected chi connectivity index (χ0v) is 15.0. The molecule has 0 atom stereocenters. The van der Waals surface area contributed by atoms with Crippen molar-refractivity contribution in [3.63, 3.8) is 0 Å². The third-order valence-corrected chi connectivity index (χ3v) is 4.54. The van der Waals surface area contributed by atoms with E-state index in [1.165, 1.54) is 0 Å². The lowest BCUT2D eigenvalue weighted by Crippen LogP contribution is -2.10. The molecule has 0 radical (unpaired) electrons. The Kier molecular flexibility index (Phi) is 4.64. The number of hydrogen-bond donors (Lipinski definition) is 3. The van der Waals surface area contributed by atoms with Crippen LogP contribution in [0.25, 0.3) is 11.3 Å². The summed E-state index contributed by atoms with van der Waals surface area (Å²) in [5, 5.41) is 15.3. The number of carbonyl (C=O) groups is 2. The van der Waals surface area contributed by atoms with Crippen LogP contribution in [-0.4, -0.2) is 17.0 Å². The van der Waals surface area contributed by atoms with Crippen molar-refractivity contribution in [2.45, 2.75) is 6.42 Å². The molecular weight excluding hydrogens is 352 g/mol. The zero-order valence-electron chi connectivity index (χ0n) is 15.0. The molecule has 1 heterocycles. The number of hydrogen-bond acceptors (Lipinski definition) is 3. The highest BCUT2D eigenvalue weighted by molar-refractivity contribution is 6.37. The number of carbonyl (C=O) groups excluding carboxylic acids is 1.